The van der Waals surface area contributed by atoms with Crippen LogP contribution in [0.25, 0.3) is 0 Å². The fourth-order valence-electron chi connectivity index (χ4n) is 3.20. The number of carbonyl (C=O) groups excluding carboxylic acids is 1. The van der Waals surface area contributed by atoms with Crippen molar-refractivity contribution in [2.24, 2.45) is 0 Å². The first-order valence-electron chi connectivity index (χ1n) is 8.63. The van der Waals surface area contributed by atoms with Crippen LogP contribution in [0.4, 0.5) is 5.82 Å². The first-order chi connectivity index (χ1) is 12.4. The Morgan fingerprint density at radius 1 is 1.19 bits per heavy atom. The summed E-state index contributed by atoms with van der Waals surface area (Å²) in [6, 6.07) is 10.6. The van der Waals surface area contributed by atoms with E-state index >= 15 is 0 Å². The highest BCUT2D eigenvalue weighted by molar-refractivity contribution is 8.00. The van der Waals surface area contributed by atoms with Gasteiger partial charge in [-0.1, -0.05) is 31.0 Å². The number of amides is 1. The summed E-state index contributed by atoms with van der Waals surface area (Å²) in [5.74, 6) is 0.173. The van der Waals surface area contributed by atoms with Crippen molar-refractivity contribution < 1.29 is 13.2 Å². The van der Waals surface area contributed by atoms with Gasteiger partial charge in [0, 0.05) is 22.6 Å². The third-order valence-corrected chi connectivity index (χ3v) is 7.06. The van der Waals surface area contributed by atoms with Crippen molar-refractivity contribution in [3.63, 3.8) is 0 Å². The van der Waals surface area contributed by atoms with Crippen LogP contribution in [-0.4, -0.2) is 30.8 Å². The molecule has 138 valence electrons. The van der Waals surface area contributed by atoms with E-state index < -0.39 is 9.84 Å². The van der Waals surface area contributed by atoms with E-state index in [1.807, 2.05) is 12.1 Å². The van der Waals surface area contributed by atoms with Gasteiger partial charge in [0.2, 0.25) is 5.91 Å². The molecule has 3 rings (SSSR count). The van der Waals surface area contributed by atoms with E-state index in [-0.39, 0.29) is 17.2 Å². The topological polar surface area (TPSA) is 76.1 Å². The molecule has 0 spiro atoms. The SMILES string of the molecule is CS(=O)(=O)c1c(CC(=O)Nc2ccccn2)cccc1SC1CCCC1. The highest BCUT2D eigenvalue weighted by Gasteiger charge is 2.24. The van der Waals surface area contributed by atoms with Gasteiger partial charge < -0.3 is 5.32 Å². The molecule has 1 aromatic heterocycles. The number of benzene rings is 1. The van der Waals surface area contributed by atoms with E-state index in [9.17, 15) is 13.2 Å². The molecule has 1 amide bonds. The smallest absolute Gasteiger partial charge is 0.229 e. The zero-order valence-corrected chi connectivity index (χ0v) is 16.3. The van der Waals surface area contributed by atoms with Crippen LogP contribution in [-0.2, 0) is 21.1 Å². The first kappa shape index (κ1) is 18.9. The zero-order chi connectivity index (χ0) is 18.6. The van der Waals surface area contributed by atoms with Crippen LogP contribution in [0.15, 0.2) is 52.4 Å². The lowest BCUT2D eigenvalue weighted by Gasteiger charge is -2.16. The number of hydrogen-bond donors (Lipinski definition) is 1. The standard InChI is InChI=1S/C19H22N2O3S2/c1-26(23,24)19-14(13-18(22)21-17-11-4-5-12-20-17)7-6-10-16(19)25-15-8-2-3-9-15/h4-7,10-12,15H,2-3,8-9,13H2,1H3,(H,20,21,22). The molecular formula is C19H22N2O3S2. The maximum atomic E-state index is 12.4. The van der Waals surface area contributed by atoms with Crippen molar-refractivity contribution in [2.75, 3.05) is 11.6 Å². The number of anilines is 1. The average Bonchev–Trinajstić information content (AvgIpc) is 3.07. The van der Waals surface area contributed by atoms with Crippen LogP contribution >= 0.6 is 11.8 Å². The van der Waals surface area contributed by atoms with Gasteiger partial charge >= 0.3 is 0 Å². The minimum Gasteiger partial charge on any atom is -0.310 e. The largest absolute Gasteiger partial charge is 0.310 e. The normalized spacial score (nSPS) is 15.1. The van der Waals surface area contributed by atoms with Crippen LogP contribution in [0.2, 0.25) is 0 Å². The lowest BCUT2D eigenvalue weighted by Crippen LogP contribution is -2.17. The number of nitrogens with one attached hydrogen (secondary N) is 1. The van der Waals surface area contributed by atoms with Gasteiger partial charge in [-0.15, -0.1) is 11.8 Å². The summed E-state index contributed by atoms with van der Waals surface area (Å²) in [6.45, 7) is 0. The Morgan fingerprint density at radius 2 is 1.96 bits per heavy atom. The lowest BCUT2D eigenvalue weighted by atomic mass is 10.1. The number of carbonyl (C=O) groups is 1. The number of aromatic nitrogens is 1. The molecule has 2 aromatic rings. The molecule has 26 heavy (non-hydrogen) atoms. The van der Waals surface area contributed by atoms with Crippen LogP contribution in [0, 0.1) is 0 Å². The maximum absolute atomic E-state index is 12.4. The van der Waals surface area contributed by atoms with Gasteiger partial charge in [0.25, 0.3) is 0 Å². The van der Waals surface area contributed by atoms with Crippen molar-refractivity contribution in [3.05, 3.63) is 48.2 Å². The Labute approximate surface area is 158 Å². The second-order valence-corrected chi connectivity index (χ2v) is 9.78. The minimum absolute atomic E-state index is 0.00194. The van der Waals surface area contributed by atoms with Crippen molar-refractivity contribution >= 4 is 33.3 Å². The van der Waals surface area contributed by atoms with Gasteiger partial charge in [0.15, 0.2) is 9.84 Å². The number of nitrogens with zero attached hydrogens (tertiary/aromatic N) is 1. The monoisotopic (exact) mass is 390 g/mol. The Morgan fingerprint density at radius 3 is 2.62 bits per heavy atom. The Balaban J connectivity index is 1.84. The molecule has 0 aliphatic heterocycles. The molecule has 1 heterocycles. The van der Waals surface area contributed by atoms with Crippen molar-refractivity contribution in [3.8, 4) is 0 Å². The van der Waals surface area contributed by atoms with Gasteiger partial charge in [0.05, 0.1) is 11.3 Å². The van der Waals surface area contributed by atoms with E-state index in [1.54, 1.807) is 42.2 Å². The van der Waals surface area contributed by atoms with Gasteiger partial charge in [-0.05, 0) is 36.6 Å². The summed E-state index contributed by atoms with van der Waals surface area (Å²) in [4.78, 5) is 17.5. The molecule has 1 aliphatic rings. The van der Waals surface area contributed by atoms with Crippen molar-refractivity contribution in [2.45, 2.75) is 47.1 Å². The molecule has 1 N–H and O–H groups in total. The fourth-order valence-corrected chi connectivity index (χ4v) is 6.17. The number of sulfone groups is 1. The molecule has 0 atom stereocenters. The van der Waals surface area contributed by atoms with E-state index in [2.05, 4.69) is 10.3 Å². The Hall–Kier alpha value is -1.86. The van der Waals surface area contributed by atoms with Crippen LogP contribution in [0.1, 0.15) is 31.2 Å². The molecule has 5 nitrogen and oxygen atoms in total. The summed E-state index contributed by atoms with van der Waals surface area (Å²) in [6.07, 6.45) is 7.41. The van der Waals surface area contributed by atoms with Crippen molar-refractivity contribution in [1.29, 1.82) is 0 Å². The summed E-state index contributed by atoms with van der Waals surface area (Å²) in [5.41, 5.74) is 0.531. The van der Waals surface area contributed by atoms with Crippen LogP contribution in [0.3, 0.4) is 0 Å². The van der Waals surface area contributed by atoms with E-state index in [4.69, 9.17) is 0 Å². The molecule has 1 fully saturated rings. The third-order valence-electron chi connectivity index (χ3n) is 4.31. The highest BCUT2D eigenvalue weighted by atomic mass is 32.2. The number of thioether (sulfide) groups is 1. The summed E-state index contributed by atoms with van der Waals surface area (Å²) < 4.78 is 24.9. The third kappa shape index (κ3) is 4.86. The fraction of sp³-hybridized carbons (Fsp3) is 0.368. The molecule has 0 radical (unpaired) electrons. The quantitative estimate of drug-likeness (QED) is 0.814. The number of pyridine rings is 1. The molecule has 0 saturated heterocycles. The molecule has 1 saturated carbocycles. The Kier molecular flexibility index (Phi) is 5.98. The number of rotatable bonds is 6. The summed E-state index contributed by atoms with van der Waals surface area (Å²) in [5, 5.41) is 3.16. The molecule has 7 heteroatoms. The average molecular weight is 391 g/mol. The maximum Gasteiger partial charge on any atom is 0.229 e. The molecule has 1 aliphatic carbocycles. The second kappa shape index (κ2) is 8.22. The van der Waals surface area contributed by atoms with Gasteiger partial charge in [0.1, 0.15) is 5.82 Å². The zero-order valence-electron chi connectivity index (χ0n) is 14.6. The molecule has 1 aromatic carbocycles. The lowest BCUT2D eigenvalue weighted by molar-refractivity contribution is -0.115. The van der Waals surface area contributed by atoms with E-state index in [0.29, 0.717) is 16.6 Å². The van der Waals surface area contributed by atoms with E-state index in [1.165, 1.54) is 19.1 Å². The van der Waals surface area contributed by atoms with Crippen LogP contribution < -0.4 is 5.32 Å². The van der Waals surface area contributed by atoms with Gasteiger partial charge in [-0.2, -0.15) is 0 Å². The molecule has 0 bridgehead atoms. The predicted octanol–water partition coefficient (Wildman–Crippen LogP) is 3.70. The minimum atomic E-state index is -3.44. The van der Waals surface area contributed by atoms with Gasteiger partial charge in [-0.3, -0.25) is 4.79 Å². The highest BCUT2D eigenvalue weighted by Crippen LogP contribution is 2.38. The number of hydrogen-bond acceptors (Lipinski definition) is 5. The summed E-state index contributed by atoms with van der Waals surface area (Å²) in [7, 11) is -3.44. The molecule has 0 unspecified atom stereocenters. The first-order valence-corrected chi connectivity index (χ1v) is 11.4. The molecular weight excluding hydrogens is 368 g/mol. The Bertz CT molecular complexity index is 877. The summed E-state index contributed by atoms with van der Waals surface area (Å²) >= 11 is 1.63. The second-order valence-electron chi connectivity index (χ2n) is 6.48. The van der Waals surface area contributed by atoms with Crippen molar-refractivity contribution in [1.82, 2.24) is 4.98 Å². The van der Waals surface area contributed by atoms with Gasteiger partial charge in [-0.25, -0.2) is 13.4 Å². The van der Waals surface area contributed by atoms with Crippen LogP contribution in [0.5, 0.6) is 0 Å². The van der Waals surface area contributed by atoms with E-state index in [0.717, 1.165) is 17.7 Å². The predicted molar refractivity (Wildman–Crippen MR) is 104 cm³/mol.